The number of hydrogen-bond donors (Lipinski definition) is 1. The van der Waals surface area contributed by atoms with E-state index >= 15 is 0 Å². The molecule has 0 radical (unpaired) electrons. The van der Waals surface area contributed by atoms with Crippen LogP contribution in [0.3, 0.4) is 0 Å². The van der Waals surface area contributed by atoms with E-state index in [1.54, 1.807) is 0 Å². The Bertz CT molecular complexity index is 959. The second kappa shape index (κ2) is 7.02. The minimum atomic E-state index is -0.0643. The molecule has 0 amide bonds. The lowest BCUT2D eigenvalue weighted by Gasteiger charge is -2.38. The van der Waals surface area contributed by atoms with Gasteiger partial charge in [0.15, 0.2) is 0 Å². The van der Waals surface area contributed by atoms with Crippen LogP contribution in [0.2, 0.25) is 0 Å². The number of rotatable bonds is 4. The third-order valence-electron chi connectivity index (χ3n) is 6.22. The van der Waals surface area contributed by atoms with Crippen LogP contribution in [0, 0.1) is 0 Å². The Hall–Kier alpha value is -1.72. The molecule has 2 heterocycles. The summed E-state index contributed by atoms with van der Waals surface area (Å²) in [5, 5.41) is 5.70. The quantitative estimate of drug-likeness (QED) is 0.658. The fraction of sp³-hybridized carbons (Fsp3) is 0.391. The molecule has 1 aromatic heterocycles. The largest absolute Gasteiger partial charge is 0.301 e. The first-order valence-electron chi connectivity index (χ1n) is 9.60. The van der Waals surface area contributed by atoms with Crippen LogP contribution in [0.15, 0.2) is 47.8 Å². The van der Waals surface area contributed by atoms with Gasteiger partial charge in [-0.2, -0.15) is 0 Å². The average Bonchev–Trinajstić information content (AvgIpc) is 3.13. The van der Waals surface area contributed by atoms with Crippen LogP contribution in [0.5, 0.6) is 0 Å². The molecule has 0 bridgehead atoms. The van der Waals surface area contributed by atoms with E-state index in [0.29, 0.717) is 5.92 Å². The van der Waals surface area contributed by atoms with Gasteiger partial charge in [-0.05, 0) is 73.1 Å². The van der Waals surface area contributed by atoms with Gasteiger partial charge in [0.25, 0.3) is 0 Å². The van der Waals surface area contributed by atoms with Crippen molar-refractivity contribution in [3.8, 4) is 0 Å². The lowest BCUT2D eigenvalue weighted by Crippen LogP contribution is -2.45. The van der Waals surface area contributed by atoms with E-state index in [1.807, 2.05) is 18.4 Å². The minimum absolute atomic E-state index is 0.0643. The summed E-state index contributed by atoms with van der Waals surface area (Å²) >= 11 is 1.83. The molecule has 1 aliphatic heterocycles. The molecule has 0 spiro atoms. The highest BCUT2D eigenvalue weighted by Crippen LogP contribution is 2.37. The van der Waals surface area contributed by atoms with E-state index in [9.17, 15) is 0 Å². The van der Waals surface area contributed by atoms with Crippen molar-refractivity contribution >= 4 is 21.4 Å². The second-order valence-corrected chi connectivity index (χ2v) is 9.17. The first-order chi connectivity index (χ1) is 12.9. The van der Waals surface area contributed by atoms with Gasteiger partial charge in [-0.3, -0.25) is 5.43 Å². The predicted molar refractivity (Wildman–Crippen MR) is 116 cm³/mol. The van der Waals surface area contributed by atoms with Crippen LogP contribution < -0.4 is 5.43 Å². The number of fused-ring (bicyclic) bond motifs is 2. The smallest absolute Gasteiger partial charge is 0.0543 e. The van der Waals surface area contributed by atoms with Crippen LogP contribution in [0.1, 0.15) is 42.0 Å². The Kier molecular flexibility index (Phi) is 4.85. The Labute approximate surface area is 166 Å². The minimum Gasteiger partial charge on any atom is -0.301 e. The highest BCUT2D eigenvalue weighted by molar-refractivity contribution is 7.17. The van der Waals surface area contributed by atoms with Crippen LogP contribution in [0.4, 0.5) is 0 Å². The van der Waals surface area contributed by atoms with E-state index in [1.165, 1.54) is 32.3 Å². The van der Waals surface area contributed by atoms with Crippen molar-refractivity contribution in [2.24, 2.45) is 0 Å². The normalized spacial score (nSPS) is 18.2. The van der Waals surface area contributed by atoms with E-state index in [2.05, 4.69) is 91.1 Å². The average molecular weight is 380 g/mol. The van der Waals surface area contributed by atoms with Crippen LogP contribution in [-0.4, -0.2) is 37.6 Å². The molecule has 0 fully saturated rings. The first kappa shape index (κ1) is 18.6. The molecule has 0 saturated carbocycles. The maximum absolute atomic E-state index is 3.27. The number of thiophene rings is 1. The Morgan fingerprint density at radius 2 is 1.96 bits per heavy atom. The van der Waals surface area contributed by atoms with E-state index < -0.39 is 0 Å². The van der Waals surface area contributed by atoms with Crippen LogP contribution >= 0.6 is 11.3 Å². The zero-order valence-electron chi connectivity index (χ0n) is 16.9. The van der Waals surface area contributed by atoms with Crippen molar-refractivity contribution in [2.75, 3.05) is 27.7 Å². The lowest BCUT2D eigenvalue weighted by molar-refractivity contribution is 0.104. The van der Waals surface area contributed by atoms with Gasteiger partial charge < -0.3 is 4.90 Å². The molecule has 0 saturated heterocycles. The van der Waals surface area contributed by atoms with E-state index in [4.69, 9.17) is 0 Å². The molecule has 142 valence electrons. The van der Waals surface area contributed by atoms with Crippen LogP contribution in [-0.2, 0) is 12.1 Å². The fourth-order valence-corrected chi connectivity index (χ4v) is 5.01. The Morgan fingerprint density at radius 1 is 1.15 bits per heavy atom. The second-order valence-electron chi connectivity index (χ2n) is 8.22. The molecule has 3 aromatic rings. The monoisotopic (exact) mass is 379 g/mol. The van der Waals surface area contributed by atoms with Crippen molar-refractivity contribution < 1.29 is 0 Å². The van der Waals surface area contributed by atoms with Gasteiger partial charge in [-0.1, -0.05) is 30.3 Å². The summed E-state index contributed by atoms with van der Waals surface area (Å²) in [6, 6.07) is 16.3. The molecule has 2 aromatic carbocycles. The molecule has 0 aliphatic carbocycles. The van der Waals surface area contributed by atoms with Crippen molar-refractivity contribution in [2.45, 2.75) is 31.8 Å². The third kappa shape index (κ3) is 3.32. The van der Waals surface area contributed by atoms with Gasteiger partial charge in [0.05, 0.1) is 5.54 Å². The maximum Gasteiger partial charge on any atom is 0.0543 e. The van der Waals surface area contributed by atoms with Gasteiger partial charge in [0.2, 0.25) is 0 Å². The van der Waals surface area contributed by atoms with Crippen molar-refractivity contribution in [1.29, 1.82) is 0 Å². The zero-order valence-corrected chi connectivity index (χ0v) is 17.7. The third-order valence-corrected chi connectivity index (χ3v) is 7.10. The molecular weight excluding hydrogens is 350 g/mol. The molecule has 1 unspecified atom stereocenters. The lowest BCUT2D eigenvalue weighted by atomic mass is 9.82. The van der Waals surface area contributed by atoms with Crippen molar-refractivity contribution in [1.82, 2.24) is 15.3 Å². The fourth-order valence-electron chi connectivity index (χ4n) is 4.17. The summed E-state index contributed by atoms with van der Waals surface area (Å²) in [6.07, 6.45) is 0. The highest BCUT2D eigenvalue weighted by Gasteiger charge is 2.29. The van der Waals surface area contributed by atoms with Gasteiger partial charge >= 0.3 is 0 Å². The summed E-state index contributed by atoms with van der Waals surface area (Å²) in [5.41, 5.74) is 8.91. The topological polar surface area (TPSA) is 18.5 Å². The van der Waals surface area contributed by atoms with Gasteiger partial charge in [-0.25, -0.2) is 5.01 Å². The van der Waals surface area contributed by atoms with E-state index in [-0.39, 0.29) is 5.54 Å². The molecule has 3 nitrogen and oxygen atoms in total. The first-order valence-corrected chi connectivity index (χ1v) is 10.5. The van der Waals surface area contributed by atoms with E-state index in [0.717, 1.165) is 13.1 Å². The summed E-state index contributed by atoms with van der Waals surface area (Å²) in [6.45, 7) is 6.61. The number of nitrogens with one attached hydrogen (secondary N) is 1. The highest BCUT2D eigenvalue weighted by atomic mass is 32.1. The Morgan fingerprint density at radius 3 is 2.74 bits per heavy atom. The van der Waals surface area contributed by atoms with Crippen molar-refractivity contribution in [3.05, 3.63) is 70.1 Å². The summed E-state index contributed by atoms with van der Waals surface area (Å²) in [7, 11) is 6.31. The molecule has 4 rings (SSSR count). The van der Waals surface area contributed by atoms with Gasteiger partial charge in [-0.15, -0.1) is 11.3 Å². The SMILES string of the molecule is CNN(C)C(C)(C)c1ccc2c(c1)CN(C)CC2c1ccc2ccsc2c1. The Balaban J connectivity index is 1.76. The number of hydrogen-bond acceptors (Lipinski definition) is 4. The molecule has 1 aliphatic rings. The zero-order chi connectivity index (χ0) is 19.2. The molecule has 4 heteroatoms. The van der Waals surface area contributed by atoms with Crippen LogP contribution in [0.25, 0.3) is 10.1 Å². The number of nitrogens with zero attached hydrogens (tertiary/aromatic N) is 2. The number of hydrazine groups is 1. The summed E-state index contributed by atoms with van der Waals surface area (Å²) in [5.74, 6) is 0.435. The molecular formula is C23H29N3S. The number of likely N-dealkylation sites (N-methyl/N-ethyl adjacent to an activating group) is 1. The summed E-state index contributed by atoms with van der Waals surface area (Å²) in [4.78, 5) is 2.45. The molecule has 27 heavy (non-hydrogen) atoms. The standard InChI is InChI=1S/C23H29N3S/c1-23(2,26(5)24-3)19-8-9-20-18(12-19)14-25(4)15-21(20)17-7-6-16-10-11-27-22(16)13-17/h6-13,21,24H,14-15H2,1-5H3. The summed E-state index contributed by atoms with van der Waals surface area (Å²) < 4.78 is 1.38. The molecule has 1 atom stereocenters. The number of benzene rings is 2. The van der Waals surface area contributed by atoms with Gasteiger partial charge in [0, 0.05) is 30.8 Å². The predicted octanol–water partition coefficient (Wildman–Crippen LogP) is 4.78. The maximum atomic E-state index is 3.27. The molecule has 1 N–H and O–H groups in total. The van der Waals surface area contributed by atoms with Crippen molar-refractivity contribution in [3.63, 3.8) is 0 Å². The van der Waals surface area contributed by atoms with Gasteiger partial charge in [0.1, 0.15) is 0 Å².